The van der Waals surface area contributed by atoms with Crippen molar-refractivity contribution in [2.24, 2.45) is 0 Å². The Morgan fingerprint density at radius 1 is 1.24 bits per heavy atom. The van der Waals surface area contributed by atoms with E-state index in [2.05, 4.69) is 5.32 Å². The number of nitrogens with zero attached hydrogens (tertiary/aromatic N) is 1. The van der Waals surface area contributed by atoms with Gasteiger partial charge in [0.15, 0.2) is 6.61 Å². The van der Waals surface area contributed by atoms with E-state index in [1.54, 1.807) is 24.0 Å². The van der Waals surface area contributed by atoms with Crippen molar-refractivity contribution in [1.82, 2.24) is 10.2 Å². The summed E-state index contributed by atoms with van der Waals surface area (Å²) in [5, 5.41) is 2.68. The first-order chi connectivity index (χ1) is 12.0. The number of rotatable bonds is 8. The van der Waals surface area contributed by atoms with Gasteiger partial charge in [-0.2, -0.15) is 0 Å². The quantitative estimate of drug-likeness (QED) is 0.764. The molecule has 1 atom stereocenters. The van der Waals surface area contributed by atoms with Crippen LogP contribution in [-0.4, -0.2) is 35.9 Å². The Kier molecular flexibility index (Phi) is 7.28. The summed E-state index contributed by atoms with van der Waals surface area (Å²) in [7, 11) is 0. The van der Waals surface area contributed by atoms with Crippen molar-refractivity contribution in [3.05, 3.63) is 51.7 Å². The number of hydrogen-bond donors (Lipinski definition) is 1. The topological polar surface area (TPSA) is 58.6 Å². The molecule has 0 aliphatic rings. The SMILES string of the molecule is CCN(Cc1ccc(Cl)s1)C(=O)C(C)NC(=O)COc1ccccc1. The fraction of sp³-hybridized carbons (Fsp3) is 0.333. The number of ether oxygens (including phenoxy) is 1. The highest BCUT2D eigenvalue weighted by Gasteiger charge is 2.21. The number of benzene rings is 1. The van der Waals surface area contributed by atoms with E-state index in [1.807, 2.05) is 37.3 Å². The molecule has 7 heteroatoms. The van der Waals surface area contributed by atoms with E-state index >= 15 is 0 Å². The third-order valence-corrected chi connectivity index (χ3v) is 4.75. The second kappa shape index (κ2) is 9.44. The minimum atomic E-state index is -0.623. The largest absolute Gasteiger partial charge is 0.484 e. The molecule has 2 rings (SSSR count). The lowest BCUT2D eigenvalue weighted by Gasteiger charge is -2.24. The zero-order chi connectivity index (χ0) is 18.2. The zero-order valence-electron chi connectivity index (χ0n) is 14.2. The van der Waals surface area contributed by atoms with Crippen LogP contribution in [0.25, 0.3) is 0 Å². The fourth-order valence-corrected chi connectivity index (χ4v) is 3.36. The molecule has 0 fully saturated rings. The van der Waals surface area contributed by atoms with Crippen LogP contribution in [0.15, 0.2) is 42.5 Å². The minimum absolute atomic E-state index is 0.131. The van der Waals surface area contributed by atoms with Crippen molar-refractivity contribution in [2.45, 2.75) is 26.4 Å². The number of halogens is 1. The molecular formula is C18H21ClN2O3S. The molecule has 0 saturated heterocycles. The molecule has 2 amide bonds. The number of carbonyl (C=O) groups is 2. The average molecular weight is 381 g/mol. The average Bonchev–Trinajstić information content (AvgIpc) is 3.03. The van der Waals surface area contributed by atoms with Gasteiger partial charge in [-0.1, -0.05) is 29.8 Å². The van der Waals surface area contributed by atoms with Crippen LogP contribution >= 0.6 is 22.9 Å². The van der Waals surface area contributed by atoms with Crippen molar-refractivity contribution in [2.75, 3.05) is 13.2 Å². The van der Waals surface area contributed by atoms with Gasteiger partial charge >= 0.3 is 0 Å². The smallest absolute Gasteiger partial charge is 0.258 e. The predicted octanol–water partition coefficient (Wildman–Crippen LogP) is 3.33. The van der Waals surface area contributed by atoms with Gasteiger partial charge in [0.05, 0.1) is 10.9 Å². The molecule has 0 spiro atoms. The maximum atomic E-state index is 12.5. The van der Waals surface area contributed by atoms with Crippen LogP contribution in [0.3, 0.4) is 0 Å². The molecule has 1 heterocycles. The second-order valence-electron chi connectivity index (χ2n) is 5.45. The third kappa shape index (κ3) is 6.07. The molecule has 134 valence electrons. The van der Waals surface area contributed by atoms with Crippen LogP contribution in [0.5, 0.6) is 5.75 Å². The number of para-hydroxylation sites is 1. The van der Waals surface area contributed by atoms with Gasteiger partial charge in [-0.15, -0.1) is 11.3 Å². The van der Waals surface area contributed by atoms with E-state index in [0.29, 0.717) is 23.2 Å². The summed E-state index contributed by atoms with van der Waals surface area (Å²) in [5.41, 5.74) is 0. The first-order valence-electron chi connectivity index (χ1n) is 7.99. The third-order valence-electron chi connectivity index (χ3n) is 3.53. The van der Waals surface area contributed by atoms with Crippen LogP contribution in [0.1, 0.15) is 18.7 Å². The van der Waals surface area contributed by atoms with Crippen LogP contribution in [-0.2, 0) is 16.1 Å². The molecule has 2 aromatic rings. The molecular weight excluding hydrogens is 360 g/mol. The van der Waals surface area contributed by atoms with E-state index in [9.17, 15) is 9.59 Å². The fourth-order valence-electron chi connectivity index (χ4n) is 2.25. The summed E-state index contributed by atoms with van der Waals surface area (Å²) < 4.78 is 6.08. The highest BCUT2D eigenvalue weighted by molar-refractivity contribution is 7.16. The summed E-state index contributed by atoms with van der Waals surface area (Å²) in [6.07, 6.45) is 0. The van der Waals surface area contributed by atoms with Crippen LogP contribution in [0.2, 0.25) is 4.34 Å². The number of thiophene rings is 1. The zero-order valence-corrected chi connectivity index (χ0v) is 15.8. The maximum absolute atomic E-state index is 12.5. The molecule has 1 N–H and O–H groups in total. The first kappa shape index (κ1) is 19.3. The Bertz CT molecular complexity index is 705. The van der Waals surface area contributed by atoms with E-state index in [-0.39, 0.29) is 18.4 Å². The molecule has 1 aromatic carbocycles. The van der Waals surface area contributed by atoms with Crippen LogP contribution in [0, 0.1) is 0 Å². The molecule has 0 aliphatic heterocycles. The Labute approximate surface area is 156 Å². The maximum Gasteiger partial charge on any atom is 0.258 e. The van der Waals surface area contributed by atoms with Gasteiger partial charge in [0, 0.05) is 11.4 Å². The molecule has 0 aliphatic carbocycles. The van der Waals surface area contributed by atoms with Gasteiger partial charge in [-0.25, -0.2) is 0 Å². The van der Waals surface area contributed by atoms with E-state index < -0.39 is 6.04 Å². The van der Waals surface area contributed by atoms with Crippen LogP contribution in [0.4, 0.5) is 0 Å². The normalized spacial score (nSPS) is 11.6. The lowest BCUT2D eigenvalue weighted by atomic mass is 10.2. The van der Waals surface area contributed by atoms with E-state index in [4.69, 9.17) is 16.3 Å². The van der Waals surface area contributed by atoms with Crippen molar-refractivity contribution in [3.63, 3.8) is 0 Å². The summed E-state index contributed by atoms with van der Waals surface area (Å²) in [6.45, 7) is 4.48. The number of likely N-dealkylation sites (N-methyl/N-ethyl adjacent to an activating group) is 1. The van der Waals surface area contributed by atoms with Gasteiger partial charge < -0.3 is 15.0 Å². The Morgan fingerprint density at radius 2 is 1.96 bits per heavy atom. The van der Waals surface area contributed by atoms with E-state index in [1.165, 1.54) is 11.3 Å². The second-order valence-corrected chi connectivity index (χ2v) is 7.25. The van der Waals surface area contributed by atoms with Crippen molar-refractivity contribution < 1.29 is 14.3 Å². The van der Waals surface area contributed by atoms with Crippen molar-refractivity contribution in [3.8, 4) is 5.75 Å². The predicted molar refractivity (Wildman–Crippen MR) is 100.0 cm³/mol. The molecule has 0 saturated carbocycles. The molecule has 25 heavy (non-hydrogen) atoms. The highest BCUT2D eigenvalue weighted by Crippen LogP contribution is 2.22. The minimum Gasteiger partial charge on any atom is -0.484 e. The van der Waals surface area contributed by atoms with Crippen LogP contribution < -0.4 is 10.1 Å². The van der Waals surface area contributed by atoms with Crippen molar-refractivity contribution in [1.29, 1.82) is 0 Å². The summed E-state index contributed by atoms with van der Waals surface area (Å²) in [4.78, 5) is 27.2. The highest BCUT2D eigenvalue weighted by atomic mass is 35.5. The molecule has 1 aromatic heterocycles. The number of amides is 2. The monoisotopic (exact) mass is 380 g/mol. The molecule has 0 radical (unpaired) electrons. The van der Waals surface area contributed by atoms with E-state index in [0.717, 1.165) is 4.88 Å². The van der Waals surface area contributed by atoms with Gasteiger partial charge in [-0.3, -0.25) is 9.59 Å². The summed E-state index contributed by atoms with van der Waals surface area (Å²) in [5.74, 6) is 0.140. The van der Waals surface area contributed by atoms with Gasteiger partial charge in [0.25, 0.3) is 5.91 Å². The number of hydrogen-bond acceptors (Lipinski definition) is 4. The Balaban J connectivity index is 1.83. The van der Waals surface area contributed by atoms with Crippen molar-refractivity contribution >= 4 is 34.8 Å². The van der Waals surface area contributed by atoms with Gasteiger partial charge in [-0.05, 0) is 38.1 Å². The summed E-state index contributed by atoms with van der Waals surface area (Å²) >= 11 is 7.37. The summed E-state index contributed by atoms with van der Waals surface area (Å²) in [6, 6.07) is 12.2. The van der Waals surface area contributed by atoms with Gasteiger partial charge in [0.2, 0.25) is 5.91 Å². The molecule has 0 bridgehead atoms. The Hall–Kier alpha value is -2.05. The number of carbonyl (C=O) groups excluding carboxylic acids is 2. The number of nitrogens with one attached hydrogen (secondary N) is 1. The molecule has 5 nitrogen and oxygen atoms in total. The molecule has 1 unspecified atom stereocenters. The lowest BCUT2D eigenvalue weighted by Crippen LogP contribution is -2.47. The first-order valence-corrected chi connectivity index (χ1v) is 9.19. The standard InChI is InChI=1S/C18H21ClN2O3S/c1-3-21(11-15-9-10-16(19)25-15)18(23)13(2)20-17(22)12-24-14-7-5-4-6-8-14/h4-10,13H,3,11-12H2,1-2H3,(H,20,22). The van der Waals surface area contributed by atoms with Gasteiger partial charge in [0.1, 0.15) is 11.8 Å². The lowest BCUT2D eigenvalue weighted by molar-refractivity contribution is -0.136. The Morgan fingerprint density at radius 3 is 2.56 bits per heavy atom.